The van der Waals surface area contributed by atoms with Crippen molar-refractivity contribution in [1.29, 1.82) is 5.26 Å². The van der Waals surface area contributed by atoms with Gasteiger partial charge in [-0.25, -0.2) is 0 Å². The minimum absolute atomic E-state index is 0.145. The van der Waals surface area contributed by atoms with Gasteiger partial charge in [0.25, 0.3) is 0 Å². The van der Waals surface area contributed by atoms with Crippen molar-refractivity contribution < 1.29 is 9.47 Å². The second-order valence-corrected chi connectivity index (χ2v) is 6.92. The molecule has 0 saturated carbocycles. The highest BCUT2D eigenvalue weighted by Crippen LogP contribution is 2.46. The second kappa shape index (κ2) is 6.84. The van der Waals surface area contributed by atoms with Crippen LogP contribution >= 0.6 is 0 Å². The molecule has 2 aromatic carbocycles. The van der Waals surface area contributed by atoms with Crippen molar-refractivity contribution in [2.45, 2.75) is 5.92 Å². The van der Waals surface area contributed by atoms with E-state index >= 15 is 0 Å². The first-order valence-electron chi connectivity index (χ1n) is 9.29. The van der Waals surface area contributed by atoms with Crippen molar-refractivity contribution in [3.8, 4) is 22.9 Å². The molecule has 3 aromatic rings. The minimum atomic E-state index is -0.302. The molecule has 140 valence electrons. The number of allylic oxidation sites excluding steroid dienone is 1. The first-order chi connectivity index (χ1) is 14.3. The Morgan fingerprint density at radius 2 is 1.69 bits per heavy atom. The van der Waals surface area contributed by atoms with E-state index in [-0.39, 0.29) is 11.8 Å². The van der Waals surface area contributed by atoms with Gasteiger partial charge in [0.15, 0.2) is 0 Å². The molecule has 0 amide bonds. The van der Waals surface area contributed by atoms with E-state index in [2.05, 4.69) is 11.1 Å². The van der Waals surface area contributed by atoms with Crippen LogP contribution in [-0.4, -0.2) is 11.6 Å². The largest absolute Gasteiger partial charge is 0.488 e. The molecule has 29 heavy (non-hydrogen) atoms. The third-order valence-electron chi connectivity index (χ3n) is 5.30. The molecule has 0 bridgehead atoms. The van der Waals surface area contributed by atoms with E-state index in [1.165, 1.54) is 0 Å². The van der Waals surface area contributed by atoms with E-state index in [1.807, 2.05) is 60.7 Å². The number of para-hydroxylation sites is 1. The fourth-order valence-electron chi connectivity index (χ4n) is 3.89. The molecule has 5 rings (SSSR count). The fourth-order valence-corrected chi connectivity index (χ4v) is 3.89. The average Bonchev–Trinajstić information content (AvgIpc) is 2.79. The summed E-state index contributed by atoms with van der Waals surface area (Å²) in [4.78, 5) is 4.06. The Balaban J connectivity index is 1.61. The Morgan fingerprint density at radius 3 is 2.45 bits per heavy atom. The summed E-state index contributed by atoms with van der Waals surface area (Å²) >= 11 is 0. The van der Waals surface area contributed by atoms with Gasteiger partial charge in [0.1, 0.15) is 29.8 Å². The number of nitrogens with two attached hydrogens (primary N) is 1. The predicted molar refractivity (Wildman–Crippen MR) is 109 cm³/mol. The number of ether oxygens (including phenoxy) is 2. The van der Waals surface area contributed by atoms with Crippen LogP contribution in [0.4, 0.5) is 0 Å². The van der Waals surface area contributed by atoms with Gasteiger partial charge >= 0.3 is 0 Å². The van der Waals surface area contributed by atoms with Gasteiger partial charge in [0, 0.05) is 18.0 Å². The van der Waals surface area contributed by atoms with Crippen LogP contribution in [-0.2, 0) is 4.74 Å². The molecule has 0 aliphatic carbocycles. The Kier molecular flexibility index (Phi) is 4.03. The third-order valence-corrected chi connectivity index (χ3v) is 5.30. The molecule has 0 radical (unpaired) electrons. The van der Waals surface area contributed by atoms with Gasteiger partial charge in [0.05, 0.1) is 11.5 Å². The summed E-state index contributed by atoms with van der Waals surface area (Å²) in [5.41, 5.74) is 11.5. The SMILES string of the molecule is N#CC1=C(N)OC2=C(COc3ccccc32)C1c1ccc(-c2ccncc2)cc1. The van der Waals surface area contributed by atoms with Gasteiger partial charge in [-0.1, -0.05) is 36.4 Å². The second-order valence-electron chi connectivity index (χ2n) is 6.92. The monoisotopic (exact) mass is 379 g/mol. The highest BCUT2D eigenvalue weighted by atomic mass is 16.5. The van der Waals surface area contributed by atoms with Crippen LogP contribution in [0.5, 0.6) is 5.75 Å². The zero-order valence-electron chi connectivity index (χ0n) is 15.5. The summed E-state index contributed by atoms with van der Waals surface area (Å²) in [6, 6.07) is 22.0. The van der Waals surface area contributed by atoms with Crippen LogP contribution in [0.2, 0.25) is 0 Å². The number of nitriles is 1. The van der Waals surface area contributed by atoms with E-state index in [0.717, 1.165) is 33.6 Å². The molecule has 5 heteroatoms. The lowest BCUT2D eigenvalue weighted by molar-refractivity contribution is 0.294. The van der Waals surface area contributed by atoms with E-state index in [0.29, 0.717) is 17.9 Å². The summed E-state index contributed by atoms with van der Waals surface area (Å²) in [5.74, 6) is 1.28. The fraction of sp³-hybridized carbons (Fsp3) is 0.0833. The van der Waals surface area contributed by atoms with Crippen LogP contribution in [0.1, 0.15) is 17.0 Å². The summed E-state index contributed by atoms with van der Waals surface area (Å²) in [6.45, 7) is 0.349. The molecular formula is C24H17N3O2. The zero-order valence-corrected chi connectivity index (χ0v) is 15.5. The lowest BCUT2D eigenvalue weighted by atomic mass is 9.81. The Bertz CT molecular complexity index is 1190. The molecule has 2 N–H and O–H groups in total. The molecule has 5 nitrogen and oxygen atoms in total. The normalized spacial score (nSPS) is 17.6. The molecule has 2 aliphatic rings. The molecule has 1 aromatic heterocycles. The maximum atomic E-state index is 9.77. The van der Waals surface area contributed by atoms with E-state index < -0.39 is 0 Å². The van der Waals surface area contributed by atoms with Gasteiger partial charge in [-0.3, -0.25) is 4.98 Å². The first kappa shape index (κ1) is 17.1. The quantitative estimate of drug-likeness (QED) is 0.715. The molecule has 1 atom stereocenters. The third kappa shape index (κ3) is 2.82. The molecule has 2 aliphatic heterocycles. The standard InChI is InChI=1S/C24H17N3O2/c25-13-19-22(17-7-5-15(6-8-17)16-9-11-27-12-10-16)20-14-28-21-4-2-1-3-18(21)23(20)29-24(19)26/h1-12,22H,14,26H2. The van der Waals surface area contributed by atoms with E-state index in [4.69, 9.17) is 15.2 Å². The minimum Gasteiger partial charge on any atom is -0.488 e. The predicted octanol–water partition coefficient (Wildman–Crippen LogP) is 4.36. The number of rotatable bonds is 2. The molecule has 0 spiro atoms. The van der Waals surface area contributed by atoms with Crippen molar-refractivity contribution in [3.05, 3.63) is 101 Å². The Labute approximate surface area is 168 Å². The molecule has 0 fully saturated rings. The number of hydrogen-bond acceptors (Lipinski definition) is 5. The van der Waals surface area contributed by atoms with Crippen LogP contribution in [0.3, 0.4) is 0 Å². The number of nitrogens with zero attached hydrogens (tertiary/aromatic N) is 2. The summed E-state index contributed by atoms with van der Waals surface area (Å²) in [5, 5.41) is 9.77. The van der Waals surface area contributed by atoms with Gasteiger partial charge in [-0.15, -0.1) is 0 Å². The van der Waals surface area contributed by atoms with Crippen molar-refractivity contribution in [1.82, 2.24) is 4.98 Å². The van der Waals surface area contributed by atoms with Crippen LogP contribution < -0.4 is 10.5 Å². The van der Waals surface area contributed by atoms with Gasteiger partial charge < -0.3 is 15.2 Å². The molecular weight excluding hydrogens is 362 g/mol. The number of benzene rings is 2. The van der Waals surface area contributed by atoms with E-state index in [9.17, 15) is 5.26 Å². The van der Waals surface area contributed by atoms with Crippen molar-refractivity contribution in [2.75, 3.05) is 6.61 Å². The van der Waals surface area contributed by atoms with Crippen LogP contribution in [0.25, 0.3) is 16.9 Å². The van der Waals surface area contributed by atoms with E-state index in [1.54, 1.807) is 12.4 Å². The van der Waals surface area contributed by atoms with Crippen LogP contribution in [0, 0.1) is 11.3 Å². The first-order valence-corrected chi connectivity index (χ1v) is 9.29. The maximum Gasteiger partial charge on any atom is 0.205 e. The topological polar surface area (TPSA) is 81.2 Å². The lowest BCUT2D eigenvalue weighted by Crippen LogP contribution is -2.26. The number of hydrogen-bond donors (Lipinski definition) is 1. The Morgan fingerprint density at radius 1 is 0.966 bits per heavy atom. The molecule has 1 unspecified atom stereocenters. The smallest absolute Gasteiger partial charge is 0.205 e. The van der Waals surface area contributed by atoms with Gasteiger partial charge in [-0.2, -0.15) is 5.26 Å². The number of fused-ring (bicyclic) bond motifs is 2. The summed E-state index contributed by atoms with van der Waals surface area (Å²) in [6.07, 6.45) is 3.54. The summed E-state index contributed by atoms with van der Waals surface area (Å²) < 4.78 is 11.8. The molecule has 3 heterocycles. The maximum absolute atomic E-state index is 9.77. The molecule has 0 saturated heterocycles. The van der Waals surface area contributed by atoms with Crippen molar-refractivity contribution >= 4 is 5.76 Å². The van der Waals surface area contributed by atoms with Gasteiger partial charge in [0.2, 0.25) is 5.88 Å². The van der Waals surface area contributed by atoms with Crippen LogP contribution in [0.15, 0.2) is 90.1 Å². The number of pyridine rings is 1. The number of aromatic nitrogens is 1. The zero-order chi connectivity index (χ0) is 19.8. The average molecular weight is 379 g/mol. The highest BCUT2D eigenvalue weighted by Gasteiger charge is 2.36. The van der Waals surface area contributed by atoms with Crippen molar-refractivity contribution in [2.24, 2.45) is 5.73 Å². The van der Waals surface area contributed by atoms with Gasteiger partial charge in [-0.05, 0) is 41.0 Å². The van der Waals surface area contributed by atoms with Crippen molar-refractivity contribution in [3.63, 3.8) is 0 Å². The summed E-state index contributed by atoms with van der Waals surface area (Å²) in [7, 11) is 0. The Hall–Kier alpha value is -4.04. The highest BCUT2D eigenvalue weighted by molar-refractivity contribution is 5.75. The lowest BCUT2D eigenvalue weighted by Gasteiger charge is -2.33.